The number of hydrogen-bond acceptors (Lipinski definition) is 3. The number of benzene rings is 1. The molecule has 0 aliphatic heterocycles. The third kappa shape index (κ3) is 4.38. The van der Waals surface area contributed by atoms with Gasteiger partial charge in [0.1, 0.15) is 11.9 Å². The van der Waals surface area contributed by atoms with Crippen LogP contribution in [0.5, 0.6) is 0 Å². The van der Waals surface area contributed by atoms with Gasteiger partial charge in [-0.05, 0) is 63.3 Å². The molecule has 128 valence electrons. The van der Waals surface area contributed by atoms with Crippen LogP contribution in [0.2, 0.25) is 0 Å². The van der Waals surface area contributed by atoms with Gasteiger partial charge in [-0.1, -0.05) is 12.1 Å². The summed E-state index contributed by atoms with van der Waals surface area (Å²) in [5.41, 5.74) is 3.54. The number of halogens is 1. The molecule has 5 heteroatoms. The van der Waals surface area contributed by atoms with E-state index >= 15 is 0 Å². The van der Waals surface area contributed by atoms with Crippen LogP contribution in [0.3, 0.4) is 0 Å². The Hall–Kier alpha value is -2.27. The lowest BCUT2D eigenvalue weighted by Crippen LogP contribution is -2.38. The summed E-state index contributed by atoms with van der Waals surface area (Å²) >= 11 is 0. The van der Waals surface area contributed by atoms with E-state index in [1.54, 1.807) is 29.0 Å². The molecule has 1 heterocycles. The SMILES string of the molecule is Cc1cc(C)nc(CN(C)C(=O)[C@H](c2cccc(F)c2)N(C)C)c1. The first kappa shape index (κ1) is 18.1. The average molecular weight is 329 g/mol. The second-order valence-electron chi connectivity index (χ2n) is 6.39. The summed E-state index contributed by atoms with van der Waals surface area (Å²) in [6.45, 7) is 4.37. The second kappa shape index (κ2) is 7.53. The van der Waals surface area contributed by atoms with Gasteiger partial charge in [-0.15, -0.1) is 0 Å². The largest absolute Gasteiger partial charge is 0.338 e. The average Bonchev–Trinajstić information content (AvgIpc) is 2.45. The molecule has 0 N–H and O–H groups in total. The molecule has 1 atom stereocenters. The Morgan fingerprint density at radius 2 is 1.88 bits per heavy atom. The Balaban J connectivity index is 2.23. The van der Waals surface area contributed by atoms with Crippen molar-refractivity contribution in [3.05, 3.63) is 64.7 Å². The number of aryl methyl sites for hydroxylation is 2. The summed E-state index contributed by atoms with van der Waals surface area (Å²) in [5.74, 6) is -0.433. The van der Waals surface area contributed by atoms with E-state index in [1.165, 1.54) is 12.1 Å². The van der Waals surface area contributed by atoms with Gasteiger partial charge in [0.25, 0.3) is 0 Å². The Morgan fingerprint density at radius 1 is 1.17 bits per heavy atom. The van der Waals surface area contributed by atoms with Crippen LogP contribution in [-0.2, 0) is 11.3 Å². The summed E-state index contributed by atoms with van der Waals surface area (Å²) in [7, 11) is 5.38. The Labute approximate surface area is 142 Å². The van der Waals surface area contributed by atoms with E-state index in [0.29, 0.717) is 12.1 Å². The molecule has 1 aromatic carbocycles. The van der Waals surface area contributed by atoms with Crippen LogP contribution in [-0.4, -0.2) is 41.8 Å². The summed E-state index contributed by atoms with van der Waals surface area (Å²) in [4.78, 5) is 20.8. The molecule has 0 aliphatic rings. The van der Waals surface area contributed by atoms with E-state index in [1.807, 2.05) is 40.1 Å². The van der Waals surface area contributed by atoms with Gasteiger partial charge in [0.05, 0.1) is 12.2 Å². The third-order valence-corrected chi connectivity index (χ3v) is 3.84. The molecule has 2 aromatic rings. The minimum absolute atomic E-state index is 0.0911. The Kier molecular flexibility index (Phi) is 5.67. The standard InChI is InChI=1S/C19H24FN3O/c1-13-9-14(2)21-17(10-13)12-23(5)19(24)18(22(3)4)15-7-6-8-16(20)11-15/h6-11,18H,12H2,1-5H3/t18-/m0/s1. The molecule has 0 unspecified atom stereocenters. The lowest BCUT2D eigenvalue weighted by molar-refractivity contribution is -0.135. The van der Waals surface area contributed by atoms with E-state index in [4.69, 9.17) is 0 Å². The summed E-state index contributed by atoms with van der Waals surface area (Å²) in [6.07, 6.45) is 0. The van der Waals surface area contributed by atoms with Crippen molar-refractivity contribution in [3.8, 4) is 0 Å². The van der Waals surface area contributed by atoms with E-state index in [9.17, 15) is 9.18 Å². The Morgan fingerprint density at radius 3 is 2.46 bits per heavy atom. The molecule has 24 heavy (non-hydrogen) atoms. The monoisotopic (exact) mass is 329 g/mol. The van der Waals surface area contributed by atoms with Crippen molar-refractivity contribution in [2.45, 2.75) is 26.4 Å². The fraction of sp³-hybridized carbons (Fsp3) is 0.368. The number of likely N-dealkylation sites (N-methyl/N-ethyl adjacent to an activating group) is 2. The Bertz CT molecular complexity index is 710. The molecule has 4 nitrogen and oxygen atoms in total. The first-order chi connectivity index (χ1) is 11.3. The summed E-state index contributed by atoms with van der Waals surface area (Å²) in [5, 5.41) is 0. The lowest BCUT2D eigenvalue weighted by atomic mass is 10.0. The summed E-state index contributed by atoms with van der Waals surface area (Å²) < 4.78 is 13.5. The smallest absolute Gasteiger partial charge is 0.244 e. The lowest BCUT2D eigenvalue weighted by Gasteiger charge is -2.28. The zero-order valence-corrected chi connectivity index (χ0v) is 14.9. The van der Waals surface area contributed by atoms with Crippen LogP contribution < -0.4 is 0 Å². The fourth-order valence-corrected chi connectivity index (χ4v) is 2.87. The van der Waals surface area contributed by atoms with Gasteiger partial charge in [-0.25, -0.2) is 4.39 Å². The topological polar surface area (TPSA) is 36.4 Å². The predicted molar refractivity (Wildman–Crippen MR) is 93.0 cm³/mol. The van der Waals surface area contributed by atoms with Crippen molar-refractivity contribution in [2.75, 3.05) is 21.1 Å². The molecule has 0 spiro atoms. The zero-order valence-electron chi connectivity index (χ0n) is 14.9. The normalized spacial score (nSPS) is 12.3. The minimum Gasteiger partial charge on any atom is -0.338 e. The maximum atomic E-state index is 13.5. The molecule has 0 aliphatic carbocycles. The molecular formula is C19H24FN3O. The highest BCUT2D eigenvalue weighted by Crippen LogP contribution is 2.22. The molecule has 1 amide bonds. The van der Waals surface area contributed by atoms with Crippen molar-refractivity contribution in [1.29, 1.82) is 0 Å². The molecule has 1 aromatic heterocycles. The van der Waals surface area contributed by atoms with E-state index in [-0.39, 0.29) is 11.7 Å². The van der Waals surface area contributed by atoms with Gasteiger partial charge in [0.15, 0.2) is 0 Å². The summed E-state index contributed by atoms with van der Waals surface area (Å²) in [6, 6.07) is 9.63. The van der Waals surface area contributed by atoms with Crippen molar-refractivity contribution >= 4 is 5.91 Å². The number of rotatable bonds is 5. The van der Waals surface area contributed by atoms with Gasteiger partial charge in [-0.2, -0.15) is 0 Å². The zero-order chi connectivity index (χ0) is 17.9. The van der Waals surface area contributed by atoms with E-state index in [0.717, 1.165) is 17.0 Å². The van der Waals surface area contributed by atoms with Crippen molar-refractivity contribution in [2.24, 2.45) is 0 Å². The van der Waals surface area contributed by atoms with Crippen LogP contribution in [0.1, 0.15) is 28.6 Å². The van der Waals surface area contributed by atoms with Crippen molar-refractivity contribution in [1.82, 2.24) is 14.8 Å². The molecule has 0 saturated carbocycles. The number of carbonyl (C=O) groups excluding carboxylic acids is 1. The third-order valence-electron chi connectivity index (χ3n) is 3.84. The van der Waals surface area contributed by atoms with E-state index in [2.05, 4.69) is 4.98 Å². The molecule has 2 rings (SSSR count). The number of aromatic nitrogens is 1. The number of carbonyl (C=O) groups is 1. The van der Waals surface area contributed by atoms with Gasteiger partial charge < -0.3 is 4.90 Å². The highest BCUT2D eigenvalue weighted by Gasteiger charge is 2.26. The van der Waals surface area contributed by atoms with Gasteiger partial charge in [0.2, 0.25) is 5.91 Å². The van der Waals surface area contributed by atoms with Crippen molar-refractivity contribution in [3.63, 3.8) is 0 Å². The van der Waals surface area contributed by atoms with Crippen LogP contribution in [0.25, 0.3) is 0 Å². The number of pyridine rings is 1. The maximum Gasteiger partial charge on any atom is 0.244 e. The first-order valence-electron chi connectivity index (χ1n) is 7.89. The number of amides is 1. The van der Waals surface area contributed by atoms with E-state index < -0.39 is 6.04 Å². The quantitative estimate of drug-likeness (QED) is 0.846. The minimum atomic E-state index is -0.531. The first-order valence-corrected chi connectivity index (χ1v) is 7.89. The fourth-order valence-electron chi connectivity index (χ4n) is 2.87. The van der Waals surface area contributed by atoms with Crippen LogP contribution >= 0.6 is 0 Å². The molecule has 0 fully saturated rings. The molecule has 0 saturated heterocycles. The molecular weight excluding hydrogens is 305 g/mol. The number of hydrogen-bond donors (Lipinski definition) is 0. The maximum absolute atomic E-state index is 13.5. The van der Waals surface area contributed by atoms with Gasteiger partial charge in [-0.3, -0.25) is 14.7 Å². The molecule has 0 radical (unpaired) electrons. The van der Waals surface area contributed by atoms with Gasteiger partial charge in [0, 0.05) is 12.7 Å². The second-order valence-corrected chi connectivity index (χ2v) is 6.39. The van der Waals surface area contributed by atoms with Crippen LogP contribution in [0.15, 0.2) is 36.4 Å². The van der Waals surface area contributed by atoms with Crippen LogP contribution in [0, 0.1) is 19.7 Å². The van der Waals surface area contributed by atoms with Crippen LogP contribution in [0.4, 0.5) is 4.39 Å². The van der Waals surface area contributed by atoms with Gasteiger partial charge >= 0.3 is 0 Å². The predicted octanol–water partition coefficient (Wildman–Crippen LogP) is 3.10. The number of nitrogens with zero attached hydrogens (tertiary/aromatic N) is 3. The highest BCUT2D eigenvalue weighted by atomic mass is 19.1. The molecule has 0 bridgehead atoms. The van der Waals surface area contributed by atoms with Crippen molar-refractivity contribution < 1.29 is 9.18 Å². The highest BCUT2D eigenvalue weighted by molar-refractivity contribution is 5.83.